The summed E-state index contributed by atoms with van der Waals surface area (Å²) in [5.41, 5.74) is 7.03. The molecule has 2 atom stereocenters. The molecule has 0 bridgehead atoms. The van der Waals surface area contributed by atoms with Crippen LogP contribution in [0.1, 0.15) is 24.5 Å². The van der Waals surface area contributed by atoms with Crippen LogP contribution >= 0.6 is 11.6 Å². The van der Waals surface area contributed by atoms with E-state index in [1.165, 1.54) is 6.07 Å². The van der Waals surface area contributed by atoms with Gasteiger partial charge in [-0.25, -0.2) is 13.1 Å². The Labute approximate surface area is 119 Å². The number of hydrogen-bond donors (Lipinski definition) is 2. The second-order valence-electron chi connectivity index (χ2n) is 5.22. The van der Waals surface area contributed by atoms with E-state index in [-0.39, 0.29) is 11.4 Å². The van der Waals surface area contributed by atoms with E-state index < -0.39 is 10.0 Å². The second kappa shape index (κ2) is 5.40. The molecule has 0 amide bonds. The summed E-state index contributed by atoms with van der Waals surface area (Å²) in [5, 5.41) is 0.395. The van der Waals surface area contributed by atoms with Gasteiger partial charge in [-0.2, -0.15) is 0 Å². The van der Waals surface area contributed by atoms with Crippen LogP contribution in [-0.4, -0.2) is 15.0 Å². The van der Waals surface area contributed by atoms with Crippen LogP contribution in [0.15, 0.2) is 17.0 Å². The van der Waals surface area contributed by atoms with Crippen molar-refractivity contribution in [1.82, 2.24) is 4.72 Å². The minimum absolute atomic E-state index is 0.230. The number of hydrogen-bond acceptors (Lipinski definition) is 3. The molecular formula is C13H19ClN2O2S. The highest BCUT2D eigenvalue weighted by atomic mass is 35.5. The van der Waals surface area contributed by atoms with Crippen LogP contribution < -0.4 is 10.5 Å². The van der Waals surface area contributed by atoms with E-state index in [1.54, 1.807) is 13.0 Å². The molecule has 106 valence electrons. The van der Waals surface area contributed by atoms with Crippen LogP contribution in [0, 0.1) is 18.8 Å². The molecule has 1 aromatic rings. The van der Waals surface area contributed by atoms with Crippen molar-refractivity contribution in [3.8, 4) is 0 Å². The summed E-state index contributed by atoms with van der Waals surface area (Å²) in [4.78, 5) is 0.230. The van der Waals surface area contributed by atoms with Gasteiger partial charge in [0, 0.05) is 18.1 Å². The molecule has 0 saturated heterocycles. The van der Waals surface area contributed by atoms with Gasteiger partial charge >= 0.3 is 0 Å². The molecule has 1 fully saturated rings. The summed E-state index contributed by atoms with van der Waals surface area (Å²) in [6.07, 6.45) is 1.09. The zero-order chi connectivity index (χ0) is 14.2. The summed E-state index contributed by atoms with van der Waals surface area (Å²) in [6, 6.07) is 3.19. The van der Waals surface area contributed by atoms with Gasteiger partial charge in [0.05, 0.1) is 4.90 Å². The maximum atomic E-state index is 12.3. The minimum Gasteiger partial charge on any atom is -0.326 e. The van der Waals surface area contributed by atoms with Crippen LogP contribution in [0.25, 0.3) is 0 Å². The van der Waals surface area contributed by atoms with Gasteiger partial charge in [-0.3, -0.25) is 0 Å². The smallest absolute Gasteiger partial charge is 0.240 e. The fourth-order valence-electron chi connectivity index (χ4n) is 2.18. The van der Waals surface area contributed by atoms with Crippen LogP contribution in [0.2, 0.25) is 5.02 Å². The zero-order valence-corrected chi connectivity index (χ0v) is 12.7. The van der Waals surface area contributed by atoms with Crippen molar-refractivity contribution in [1.29, 1.82) is 0 Å². The van der Waals surface area contributed by atoms with Crippen molar-refractivity contribution in [2.45, 2.75) is 31.7 Å². The lowest BCUT2D eigenvalue weighted by atomic mass is 10.1. The Balaban J connectivity index is 2.26. The van der Waals surface area contributed by atoms with Gasteiger partial charge in [0.25, 0.3) is 0 Å². The van der Waals surface area contributed by atoms with Crippen LogP contribution in [0.5, 0.6) is 0 Å². The summed E-state index contributed by atoms with van der Waals surface area (Å²) in [5.74, 6) is 1.08. The molecular weight excluding hydrogens is 284 g/mol. The maximum Gasteiger partial charge on any atom is 0.240 e. The molecule has 19 heavy (non-hydrogen) atoms. The van der Waals surface area contributed by atoms with Crippen molar-refractivity contribution in [3.63, 3.8) is 0 Å². The molecule has 2 rings (SSSR count). The Bertz CT molecular complexity index is 587. The van der Waals surface area contributed by atoms with Crippen LogP contribution in [0.4, 0.5) is 0 Å². The van der Waals surface area contributed by atoms with E-state index in [0.717, 1.165) is 12.0 Å². The molecule has 3 N–H and O–H groups in total. The fraction of sp³-hybridized carbons (Fsp3) is 0.538. The van der Waals surface area contributed by atoms with Gasteiger partial charge in [-0.05, 0) is 48.4 Å². The number of rotatable bonds is 5. The van der Waals surface area contributed by atoms with Crippen LogP contribution in [-0.2, 0) is 16.6 Å². The highest BCUT2D eigenvalue weighted by Gasteiger charge is 2.33. The lowest BCUT2D eigenvalue weighted by Crippen LogP contribution is -2.27. The van der Waals surface area contributed by atoms with Crippen molar-refractivity contribution >= 4 is 21.6 Å². The monoisotopic (exact) mass is 302 g/mol. The molecule has 0 aliphatic heterocycles. The Kier molecular flexibility index (Phi) is 4.20. The van der Waals surface area contributed by atoms with E-state index in [9.17, 15) is 8.42 Å². The lowest BCUT2D eigenvalue weighted by Gasteiger charge is -2.12. The van der Waals surface area contributed by atoms with Gasteiger partial charge in [-0.15, -0.1) is 0 Å². The zero-order valence-electron chi connectivity index (χ0n) is 11.1. The first-order valence-corrected chi connectivity index (χ1v) is 8.20. The van der Waals surface area contributed by atoms with Crippen molar-refractivity contribution < 1.29 is 8.42 Å². The highest BCUT2D eigenvalue weighted by Crippen LogP contribution is 2.37. The first kappa shape index (κ1) is 14.8. The summed E-state index contributed by atoms with van der Waals surface area (Å²) in [6.45, 7) is 4.64. The number of halogens is 1. The maximum absolute atomic E-state index is 12.3. The van der Waals surface area contributed by atoms with Crippen LogP contribution in [0.3, 0.4) is 0 Å². The molecule has 6 heteroatoms. The Morgan fingerprint density at radius 3 is 2.63 bits per heavy atom. The second-order valence-corrected chi connectivity index (χ2v) is 7.39. The molecule has 1 saturated carbocycles. The van der Waals surface area contributed by atoms with E-state index in [0.29, 0.717) is 29.0 Å². The molecule has 0 radical (unpaired) electrons. The Hall–Kier alpha value is -0.620. The van der Waals surface area contributed by atoms with Crippen molar-refractivity contribution in [2.24, 2.45) is 17.6 Å². The molecule has 2 unspecified atom stereocenters. The molecule has 0 spiro atoms. The van der Waals surface area contributed by atoms with Gasteiger partial charge < -0.3 is 5.73 Å². The largest absolute Gasteiger partial charge is 0.326 e. The molecule has 1 aromatic carbocycles. The standard InChI is InChI=1S/C13H19ClN2O2S/c1-8-3-11(8)7-16-19(17,18)13-5-12(14)4-10(6-15)9(13)2/h4-5,8,11,16H,3,6-7,15H2,1-2H3. The Morgan fingerprint density at radius 1 is 1.47 bits per heavy atom. The van der Waals surface area contributed by atoms with E-state index in [1.807, 2.05) is 0 Å². The number of nitrogens with two attached hydrogens (primary N) is 1. The van der Waals surface area contributed by atoms with Gasteiger partial charge in [0.15, 0.2) is 0 Å². The predicted molar refractivity (Wildman–Crippen MR) is 76.5 cm³/mol. The van der Waals surface area contributed by atoms with Gasteiger partial charge in [0.1, 0.15) is 0 Å². The molecule has 1 aliphatic rings. The quantitative estimate of drug-likeness (QED) is 0.874. The fourth-order valence-corrected chi connectivity index (χ4v) is 3.89. The highest BCUT2D eigenvalue weighted by molar-refractivity contribution is 7.89. The molecule has 0 heterocycles. The topological polar surface area (TPSA) is 72.2 Å². The average molecular weight is 303 g/mol. The number of benzene rings is 1. The molecule has 0 aromatic heterocycles. The minimum atomic E-state index is -3.51. The van der Waals surface area contributed by atoms with Gasteiger partial charge in [-0.1, -0.05) is 18.5 Å². The van der Waals surface area contributed by atoms with Gasteiger partial charge in [0.2, 0.25) is 10.0 Å². The molecule has 1 aliphatic carbocycles. The third kappa shape index (κ3) is 3.28. The first-order chi connectivity index (χ1) is 8.85. The third-order valence-electron chi connectivity index (χ3n) is 3.75. The summed E-state index contributed by atoms with van der Waals surface area (Å²) >= 11 is 5.96. The van der Waals surface area contributed by atoms with E-state index >= 15 is 0 Å². The SMILES string of the molecule is Cc1c(CN)cc(Cl)cc1S(=O)(=O)NCC1CC1C. The lowest BCUT2D eigenvalue weighted by molar-refractivity contribution is 0.574. The van der Waals surface area contributed by atoms with Crippen molar-refractivity contribution in [3.05, 3.63) is 28.3 Å². The number of sulfonamides is 1. The van der Waals surface area contributed by atoms with E-state index in [4.69, 9.17) is 17.3 Å². The first-order valence-electron chi connectivity index (χ1n) is 6.34. The normalized spacial score (nSPS) is 22.5. The van der Waals surface area contributed by atoms with Crippen molar-refractivity contribution in [2.75, 3.05) is 6.54 Å². The predicted octanol–water partition coefficient (Wildman–Crippen LogP) is 2.04. The summed E-state index contributed by atoms with van der Waals surface area (Å²) < 4.78 is 27.3. The van der Waals surface area contributed by atoms with E-state index in [2.05, 4.69) is 11.6 Å². The Morgan fingerprint density at radius 2 is 2.11 bits per heavy atom. The summed E-state index contributed by atoms with van der Waals surface area (Å²) in [7, 11) is -3.51. The third-order valence-corrected chi connectivity index (χ3v) is 5.52. The molecule has 4 nitrogen and oxygen atoms in total. The average Bonchev–Trinajstić information content (AvgIpc) is 3.05. The number of nitrogens with one attached hydrogen (secondary N) is 1.